The number of rotatable bonds is 5. The van der Waals surface area contributed by atoms with E-state index in [0.29, 0.717) is 17.5 Å². The first-order valence-corrected chi connectivity index (χ1v) is 9.04. The van der Waals surface area contributed by atoms with Gasteiger partial charge >= 0.3 is 0 Å². The molecule has 3 N–H and O–H groups in total. The molecule has 2 aromatic heterocycles. The van der Waals surface area contributed by atoms with Crippen molar-refractivity contribution in [3.8, 4) is 5.75 Å². The van der Waals surface area contributed by atoms with Crippen LogP contribution < -0.4 is 15.8 Å². The molecule has 7 nitrogen and oxygen atoms in total. The van der Waals surface area contributed by atoms with E-state index in [0.717, 1.165) is 43.6 Å². The Morgan fingerprint density at radius 1 is 1.30 bits per heavy atom. The van der Waals surface area contributed by atoms with Crippen LogP contribution in [0.25, 0.3) is 5.52 Å². The Bertz CT molecular complexity index is 935. The molecule has 0 radical (unpaired) electrons. The zero-order valence-electron chi connectivity index (χ0n) is 15.2. The van der Waals surface area contributed by atoms with E-state index in [-0.39, 0.29) is 5.75 Å². The first-order valence-electron chi connectivity index (χ1n) is 9.04. The Morgan fingerprint density at radius 2 is 2.11 bits per heavy atom. The maximum absolute atomic E-state index is 13.7. The normalized spacial score (nSPS) is 16.0. The fourth-order valence-electron chi connectivity index (χ4n) is 3.46. The van der Waals surface area contributed by atoms with Crippen molar-refractivity contribution in [2.75, 3.05) is 25.5 Å². The molecule has 1 aromatic carbocycles. The van der Waals surface area contributed by atoms with E-state index < -0.39 is 5.82 Å². The van der Waals surface area contributed by atoms with Crippen molar-refractivity contribution in [1.29, 1.82) is 0 Å². The molecule has 3 heterocycles. The van der Waals surface area contributed by atoms with Crippen molar-refractivity contribution in [1.82, 2.24) is 19.5 Å². The molecule has 0 bridgehead atoms. The van der Waals surface area contributed by atoms with E-state index in [2.05, 4.69) is 26.4 Å². The number of piperidine rings is 1. The summed E-state index contributed by atoms with van der Waals surface area (Å²) in [5, 5.41) is 7.56. The maximum Gasteiger partial charge on any atom is 0.165 e. The van der Waals surface area contributed by atoms with Crippen molar-refractivity contribution < 1.29 is 9.13 Å². The molecule has 0 amide bonds. The number of hydrogen-bond acceptors (Lipinski definition) is 6. The van der Waals surface area contributed by atoms with E-state index in [9.17, 15) is 4.39 Å². The summed E-state index contributed by atoms with van der Waals surface area (Å²) in [6, 6.07) is 7.01. The number of aromatic nitrogens is 3. The van der Waals surface area contributed by atoms with Gasteiger partial charge in [-0.25, -0.2) is 13.9 Å². The highest BCUT2D eigenvalue weighted by Gasteiger charge is 2.19. The van der Waals surface area contributed by atoms with Crippen LogP contribution in [0.15, 0.2) is 36.8 Å². The molecule has 0 atom stereocenters. The molecule has 8 heteroatoms. The minimum absolute atomic E-state index is 0.185. The van der Waals surface area contributed by atoms with Gasteiger partial charge in [-0.05, 0) is 49.7 Å². The second kappa shape index (κ2) is 7.50. The number of likely N-dealkylation sites (tertiary alicyclic amines) is 1. The van der Waals surface area contributed by atoms with Gasteiger partial charge in [-0.1, -0.05) is 0 Å². The highest BCUT2D eigenvalue weighted by atomic mass is 19.1. The van der Waals surface area contributed by atoms with E-state index in [1.807, 2.05) is 6.20 Å². The first kappa shape index (κ1) is 17.7. The number of halogens is 1. The monoisotopic (exact) mass is 370 g/mol. The largest absolute Gasteiger partial charge is 0.494 e. The smallest absolute Gasteiger partial charge is 0.165 e. The van der Waals surface area contributed by atoms with Gasteiger partial charge in [-0.2, -0.15) is 5.10 Å². The van der Waals surface area contributed by atoms with Crippen molar-refractivity contribution in [2.24, 2.45) is 5.73 Å². The lowest BCUT2D eigenvalue weighted by Crippen LogP contribution is -2.39. The number of nitrogens with zero attached hydrogens (tertiary/aromatic N) is 4. The zero-order valence-corrected chi connectivity index (χ0v) is 15.2. The van der Waals surface area contributed by atoms with E-state index >= 15 is 0 Å². The van der Waals surface area contributed by atoms with Crippen LogP contribution in [0, 0.1) is 5.82 Å². The minimum Gasteiger partial charge on any atom is -0.494 e. The van der Waals surface area contributed by atoms with Crippen molar-refractivity contribution in [3.63, 3.8) is 0 Å². The Kier molecular flexibility index (Phi) is 4.91. The molecule has 0 unspecified atom stereocenters. The number of methoxy groups -OCH3 is 1. The van der Waals surface area contributed by atoms with Gasteiger partial charge in [0.1, 0.15) is 11.8 Å². The Morgan fingerprint density at radius 3 is 2.89 bits per heavy atom. The Labute approximate surface area is 156 Å². The minimum atomic E-state index is -0.400. The van der Waals surface area contributed by atoms with Gasteiger partial charge < -0.3 is 15.8 Å². The summed E-state index contributed by atoms with van der Waals surface area (Å²) in [5.74, 6) is 0.459. The number of hydrogen-bond donors (Lipinski definition) is 2. The van der Waals surface area contributed by atoms with Gasteiger partial charge in [0, 0.05) is 30.5 Å². The van der Waals surface area contributed by atoms with Crippen LogP contribution in [-0.2, 0) is 6.54 Å². The third-order valence-electron chi connectivity index (χ3n) is 4.98. The zero-order chi connectivity index (χ0) is 18.8. The van der Waals surface area contributed by atoms with Crippen molar-refractivity contribution >= 4 is 17.0 Å². The lowest BCUT2D eigenvalue weighted by atomic mass is 10.1. The highest BCUT2D eigenvalue weighted by Crippen LogP contribution is 2.27. The molecule has 0 saturated carbocycles. The maximum atomic E-state index is 13.7. The van der Waals surface area contributed by atoms with Crippen LogP contribution in [0.3, 0.4) is 0 Å². The standard InChI is InChI=1S/C19H23FN6O/c1-27-17-10-15(2-3-16(17)20)24-19-18-13(4-9-26(18)23-12-22-19)11-25-7-5-14(21)6-8-25/h2-4,9-10,12,14H,5-8,11,21H2,1H3,(H,22,23,24). The second-order valence-corrected chi connectivity index (χ2v) is 6.83. The first-order chi connectivity index (χ1) is 13.1. The van der Waals surface area contributed by atoms with Crippen LogP contribution in [0.4, 0.5) is 15.9 Å². The summed E-state index contributed by atoms with van der Waals surface area (Å²) in [6.07, 6.45) is 5.46. The summed E-state index contributed by atoms with van der Waals surface area (Å²) in [6.45, 7) is 2.80. The number of anilines is 2. The summed E-state index contributed by atoms with van der Waals surface area (Å²) in [4.78, 5) is 6.80. The van der Waals surface area contributed by atoms with Crippen LogP contribution in [-0.4, -0.2) is 45.7 Å². The number of fused-ring (bicyclic) bond motifs is 1. The quantitative estimate of drug-likeness (QED) is 0.718. The molecule has 142 valence electrons. The fraction of sp³-hybridized carbons (Fsp3) is 0.368. The average molecular weight is 370 g/mol. The van der Waals surface area contributed by atoms with Gasteiger partial charge in [-0.3, -0.25) is 4.90 Å². The molecule has 1 saturated heterocycles. The average Bonchev–Trinajstić information content (AvgIpc) is 3.09. The number of nitrogens with two attached hydrogens (primary N) is 1. The summed E-state index contributed by atoms with van der Waals surface area (Å²) in [5.41, 5.74) is 8.76. The molecule has 0 spiro atoms. The van der Waals surface area contributed by atoms with Crippen LogP contribution in [0.2, 0.25) is 0 Å². The summed E-state index contributed by atoms with van der Waals surface area (Å²) >= 11 is 0. The van der Waals surface area contributed by atoms with Gasteiger partial charge in [0.15, 0.2) is 17.4 Å². The number of benzene rings is 1. The second-order valence-electron chi connectivity index (χ2n) is 6.83. The predicted octanol–water partition coefficient (Wildman–Crippen LogP) is 2.54. The number of ether oxygens (including phenoxy) is 1. The SMILES string of the molecule is COc1cc(Nc2ncnn3ccc(CN4CCC(N)CC4)c23)ccc1F. The predicted molar refractivity (Wildman–Crippen MR) is 102 cm³/mol. The highest BCUT2D eigenvalue weighted by molar-refractivity contribution is 5.76. The van der Waals surface area contributed by atoms with Gasteiger partial charge in [-0.15, -0.1) is 0 Å². The summed E-state index contributed by atoms with van der Waals surface area (Å²) < 4.78 is 20.5. The Balaban J connectivity index is 1.62. The van der Waals surface area contributed by atoms with Crippen LogP contribution >= 0.6 is 0 Å². The van der Waals surface area contributed by atoms with E-state index in [4.69, 9.17) is 10.5 Å². The fourth-order valence-corrected chi connectivity index (χ4v) is 3.46. The molecule has 1 aliphatic rings. The topological polar surface area (TPSA) is 80.7 Å². The molecule has 27 heavy (non-hydrogen) atoms. The summed E-state index contributed by atoms with van der Waals surface area (Å²) in [7, 11) is 1.45. The third kappa shape index (κ3) is 3.72. The molecule has 4 rings (SSSR count). The molecular formula is C19H23FN6O. The van der Waals surface area contributed by atoms with Gasteiger partial charge in [0.05, 0.1) is 7.11 Å². The van der Waals surface area contributed by atoms with Crippen molar-refractivity contribution in [3.05, 3.63) is 48.2 Å². The molecule has 0 aliphatic carbocycles. The van der Waals surface area contributed by atoms with Gasteiger partial charge in [0.2, 0.25) is 0 Å². The molecular weight excluding hydrogens is 347 g/mol. The van der Waals surface area contributed by atoms with E-state index in [1.165, 1.54) is 19.5 Å². The molecule has 1 aliphatic heterocycles. The Hall–Kier alpha value is -2.71. The third-order valence-corrected chi connectivity index (χ3v) is 4.98. The molecule has 1 fully saturated rings. The lowest BCUT2D eigenvalue weighted by Gasteiger charge is -2.29. The van der Waals surface area contributed by atoms with Crippen LogP contribution in [0.5, 0.6) is 5.75 Å². The lowest BCUT2D eigenvalue weighted by molar-refractivity contribution is 0.206. The molecule has 3 aromatic rings. The van der Waals surface area contributed by atoms with Gasteiger partial charge in [0.25, 0.3) is 0 Å². The van der Waals surface area contributed by atoms with Crippen molar-refractivity contribution in [2.45, 2.75) is 25.4 Å². The number of nitrogens with one attached hydrogen (secondary N) is 1. The van der Waals surface area contributed by atoms with E-state index in [1.54, 1.807) is 16.6 Å². The van der Waals surface area contributed by atoms with Crippen LogP contribution in [0.1, 0.15) is 18.4 Å².